The summed E-state index contributed by atoms with van der Waals surface area (Å²) < 4.78 is 5.33. The van der Waals surface area contributed by atoms with Gasteiger partial charge in [0.15, 0.2) is 0 Å². The molecule has 0 radical (unpaired) electrons. The molecule has 2 heterocycles. The Bertz CT molecular complexity index is 680. The van der Waals surface area contributed by atoms with Crippen LogP contribution in [0.3, 0.4) is 0 Å². The van der Waals surface area contributed by atoms with Gasteiger partial charge >= 0.3 is 5.63 Å². The average Bonchev–Trinajstić information content (AvgIpc) is 2.40. The molecular formula is C17H21ClNO2-. The number of nitrogens with zero attached hydrogens (tertiary/aromatic N) is 1. The van der Waals surface area contributed by atoms with Crippen LogP contribution in [-0.4, -0.2) is 17.5 Å². The summed E-state index contributed by atoms with van der Waals surface area (Å²) in [7, 11) is 0. The second-order valence-electron chi connectivity index (χ2n) is 5.91. The normalized spacial score (nSPS) is 19.4. The number of hydrogen-bond acceptors (Lipinski definition) is 3. The van der Waals surface area contributed by atoms with Crippen molar-refractivity contribution >= 4 is 11.0 Å². The van der Waals surface area contributed by atoms with Crippen LogP contribution in [0.2, 0.25) is 0 Å². The van der Waals surface area contributed by atoms with Gasteiger partial charge < -0.3 is 16.8 Å². The van der Waals surface area contributed by atoms with E-state index in [-0.39, 0.29) is 18.0 Å². The first kappa shape index (κ1) is 16.1. The van der Waals surface area contributed by atoms with E-state index in [0.29, 0.717) is 11.6 Å². The Morgan fingerprint density at radius 2 is 2.10 bits per heavy atom. The molecule has 1 atom stereocenters. The number of fused-ring (bicyclic) bond motifs is 1. The smallest absolute Gasteiger partial charge is 0.336 e. The fourth-order valence-electron chi connectivity index (χ4n) is 3.08. The molecule has 1 aromatic carbocycles. The van der Waals surface area contributed by atoms with Crippen molar-refractivity contribution in [3.05, 3.63) is 45.8 Å². The molecule has 21 heavy (non-hydrogen) atoms. The first-order valence-electron chi connectivity index (χ1n) is 7.41. The lowest BCUT2D eigenvalue weighted by molar-refractivity contribution is -0.00000486. The molecule has 4 heteroatoms. The summed E-state index contributed by atoms with van der Waals surface area (Å²) in [5, 5.41) is 1.06. The molecule has 0 bridgehead atoms. The Balaban J connectivity index is 0.00000161. The highest BCUT2D eigenvalue weighted by molar-refractivity contribution is 5.80. The number of aryl methyl sites for hydroxylation is 1. The highest BCUT2D eigenvalue weighted by Gasteiger charge is 2.19. The van der Waals surface area contributed by atoms with E-state index in [0.717, 1.165) is 29.6 Å². The van der Waals surface area contributed by atoms with E-state index in [9.17, 15) is 4.79 Å². The Labute approximate surface area is 131 Å². The summed E-state index contributed by atoms with van der Waals surface area (Å²) in [6.45, 7) is 6.25. The largest absolute Gasteiger partial charge is 1.00 e. The van der Waals surface area contributed by atoms with Crippen molar-refractivity contribution in [3.8, 4) is 0 Å². The number of benzene rings is 1. The van der Waals surface area contributed by atoms with Crippen molar-refractivity contribution in [2.45, 2.75) is 45.7 Å². The molecule has 3 rings (SSSR count). The summed E-state index contributed by atoms with van der Waals surface area (Å²) in [5.74, 6) is 0. The standard InChI is InChI=1S/C17H21NO2.ClH/c1-12-6-7-15-14(10-17(19)20-16(15)9-12)11-18-8-4-3-5-13(18)2;/h6-7,9-10,13H,3-5,8,11H2,1-2H3;1H/p-1. The Morgan fingerprint density at radius 3 is 2.86 bits per heavy atom. The van der Waals surface area contributed by atoms with Gasteiger partial charge in [0.1, 0.15) is 5.58 Å². The van der Waals surface area contributed by atoms with Crippen molar-refractivity contribution in [1.29, 1.82) is 0 Å². The van der Waals surface area contributed by atoms with E-state index in [1.54, 1.807) is 6.07 Å². The second kappa shape index (κ2) is 6.63. The van der Waals surface area contributed by atoms with E-state index in [1.165, 1.54) is 19.3 Å². The molecule has 0 amide bonds. The number of hydrogen-bond donors (Lipinski definition) is 0. The maximum Gasteiger partial charge on any atom is 0.336 e. The number of halogens is 1. The first-order valence-corrected chi connectivity index (χ1v) is 7.41. The van der Waals surface area contributed by atoms with Gasteiger partial charge in [-0.2, -0.15) is 0 Å². The average molecular weight is 307 g/mol. The molecule has 114 valence electrons. The van der Waals surface area contributed by atoms with E-state index in [2.05, 4.69) is 24.0 Å². The van der Waals surface area contributed by atoms with Crippen molar-refractivity contribution < 1.29 is 16.8 Å². The zero-order chi connectivity index (χ0) is 14.1. The molecule has 1 aromatic heterocycles. The predicted octanol–water partition coefficient (Wildman–Crippen LogP) is 0.480. The minimum atomic E-state index is -0.247. The molecule has 0 N–H and O–H groups in total. The number of piperidine rings is 1. The molecule has 1 fully saturated rings. The molecule has 0 spiro atoms. The van der Waals surface area contributed by atoms with Gasteiger partial charge in [-0.05, 0) is 50.4 Å². The van der Waals surface area contributed by atoms with Crippen molar-refractivity contribution in [2.75, 3.05) is 6.54 Å². The first-order chi connectivity index (χ1) is 9.63. The van der Waals surface area contributed by atoms with Crippen LogP contribution < -0.4 is 18.0 Å². The topological polar surface area (TPSA) is 33.5 Å². The summed E-state index contributed by atoms with van der Waals surface area (Å²) in [5.41, 5.74) is 2.66. The highest BCUT2D eigenvalue weighted by atomic mass is 35.5. The minimum Gasteiger partial charge on any atom is -1.00 e. The molecule has 3 nitrogen and oxygen atoms in total. The van der Waals surface area contributed by atoms with Crippen molar-refractivity contribution in [1.82, 2.24) is 4.90 Å². The Kier molecular flexibility index (Phi) is 5.07. The summed E-state index contributed by atoms with van der Waals surface area (Å²) in [6.07, 6.45) is 3.82. The summed E-state index contributed by atoms with van der Waals surface area (Å²) >= 11 is 0. The molecule has 1 aliphatic rings. The van der Waals surface area contributed by atoms with E-state index in [4.69, 9.17) is 4.42 Å². The van der Waals surface area contributed by atoms with Gasteiger partial charge in [0.05, 0.1) is 0 Å². The predicted molar refractivity (Wildman–Crippen MR) is 80.9 cm³/mol. The van der Waals surface area contributed by atoms with E-state index in [1.807, 2.05) is 13.0 Å². The zero-order valence-electron chi connectivity index (χ0n) is 12.6. The third kappa shape index (κ3) is 3.47. The van der Waals surface area contributed by atoms with Gasteiger partial charge in [0, 0.05) is 24.0 Å². The van der Waals surface area contributed by atoms with E-state index < -0.39 is 0 Å². The van der Waals surface area contributed by atoms with Gasteiger partial charge in [0.2, 0.25) is 0 Å². The van der Waals surface area contributed by atoms with E-state index >= 15 is 0 Å². The molecule has 1 aliphatic heterocycles. The van der Waals surface area contributed by atoms with Crippen LogP contribution in [-0.2, 0) is 6.54 Å². The molecule has 1 unspecified atom stereocenters. The minimum absolute atomic E-state index is 0. The maximum atomic E-state index is 11.8. The summed E-state index contributed by atoms with van der Waals surface area (Å²) in [4.78, 5) is 14.2. The highest BCUT2D eigenvalue weighted by Crippen LogP contribution is 2.23. The molecular weight excluding hydrogens is 286 g/mol. The fraction of sp³-hybridized carbons (Fsp3) is 0.471. The van der Waals surface area contributed by atoms with Crippen LogP contribution in [0, 0.1) is 6.92 Å². The van der Waals surface area contributed by atoms with Crippen LogP contribution in [0.4, 0.5) is 0 Å². The fourth-order valence-corrected chi connectivity index (χ4v) is 3.08. The molecule has 2 aromatic rings. The number of likely N-dealkylation sites (tertiary alicyclic amines) is 1. The SMILES string of the molecule is Cc1ccc2c(CN3CCCCC3C)cc(=O)oc2c1.[Cl-]. The molecule has 0 saturated carbocycles. The van der Waals surface area contributed by atoms with Crippen LogP contribution >= 0.6 is 0 Å². The quantitative estimate of drug-likeness (QED) is 0.757. The number of rotatable bonds is 2. The van der Waals surface area contributed by atoms with Crippen LogP contribution in [0.1, 0.15) is 37.3 Å². The van der Waals surface area contributed by atoms with Gasteiger partial charge in [-0.25, -0.2) is 4.79 Å². The Hall–Kier alpha value is -1.32. The van der Waals surface area contributed by atoms with Crippen LogP contribution in [0.25, 0.3) is 11.0 Å². The zero-order valence-corrected chi connectivity index (χ0v) is 13.3. The maximum absolute atomic E-state index is 11.8. The third-order valence-corrected chi connectivity index (χ3v) is 4.30. The van der Waals surface area contributed by atoms with Crippen molar-refractivity contribution in [3.63, 3.8) is 0 Å². The third-order valence-electron chi connectivity index (χ3n) is 4.30. The lowest BCUT2D eigenvalue weighted by atomic mass is 10.0. The molecule has 0 aliphatic carbocycles. The lowest BCUT2D eigenvalue weighted by Crippen LogP contribution is -3.00. The second-order valence-corrected chi connectivity index (χ2v) is 5.91. The van der Waals surface area contributed by atoms with Crippen LogP contribution in [0.5, 0.6) is 0 Å². The summed E-state index contributed by atoms with van der Waals surface area (Å²) in [6, 6.07) is 8.33. The van der Waals surface area contributed by atoms with Crippen molar-refractivity contribution in [2.24, 2.45) is 0 Å². The monoisotopic (exact) mass is 306 g/mol. The van der Waals surface area contributed by atoms with Gasteiger partial charge in [-0.15, -0.1) is 0 Å². The van der Waals surface area contributed by atoms with Gasteiger partial charge in [0.25, 0.3) is 0 Å². The van der Waals surface area contributed by atoms with Gasteiger partial charge in [-0.1, -0.05) is 18.6 Å². The lowest BCUT2D eigenvalue weighted by Gasteiger charge is -2.33. The van der Waals surface area contributed by atoms with Gasteiger partial charge in [-0.3, -0.25) is 4.90 Å². The van der Waals surface area contributed by atoms with Crippen LogP contribution in [0.15, 0.2) is 33.5 Å². The molecule has 1 saturated heterocycles. The Morgan fingerprint density at radius 1 is 1.29 bits per heavy atom.